The van der Waals surface area contributed by atoms with E-state index in [0.717, 1.165) is 47.6 Å². The summed E-state index contributed by atoms with van der Waals surface area (Å²) >= 11 is 0. The SMILES string of the molecule is C=S(C)(=O)Nc1cnn(C(=O)N2CCN(Cc3ccc(-c4ccccc4)cc3OCc3ccccc3)CC2)c1. The van der Waals surface area contributed by atoms with Gasteiger partial charge in [0, 0.05) is 54.3 Å². The molecule has 9 heteroatoms. The molecule has 1 aliphatic heterocycles. The first-order valence-corrected chi connectivity index (χ1v) is 15.0. The van der Waals surface area contributed by atoms with E-state index in [2.05, 4.69) is 63.1 Å². The van der Waals surface area contributed by atoms with Crippen molar-refractivity contribution in [2.45, 2.75) is 13.2 Å². The number of piperazine rings is 1. The molecule has 0 radical (unpaired) electrons. The van der Waals surface area contributed by atoms with E-state index >= 15 is 0 Å². The number of anilines is 1. The molecule has 0 aliphatic carbocycles. The molecule has 0 spiro atoms. The van der Waals surface area contributed by atoms with Crippen LogP contribution in [-0.2, 0) is 22.9 Å². The van der Waals surface area contributed by atoms with Gasteiger partial charge in [0.05, 0.1) is 18.1 Å². The van der Waals surface area contributed by atoms with E-state index in [1.807, 2.05) is 36.4 Å². The number of nitrogens with one attached hydrogen (secondary N) is 1. The molecule has 4 aromatic rings. The Hall–Kier alpha value is -4.08. The molecule has 39 heavy (non-hydrogen) atoms. The normalized spacial score (nSPS) is 15.5. The Bertz CT molecular complexity index is 1510. The predicted molar refractivity (Wildman–Crippen MR) is 157 cm³/mol. The summed E-state index contributed by atoms with van der Waals surface area (Å²) in [6.45, 7) is 3.87. The molecule has 1 atom stereocenters. The van der Waals surface area contributed by atoms with Crippen LogP contribution in [0.3, 0.4) is 0 Å². The van der Waals surface area contributed by atoms with Crippen molar-refractivity contribution in [1.82, 2.24) is 19.6 Å². The summed E-state index contributed by atoms with van der Waals surface area (Å²) in [5, 5.41) is 4.13. The van der Waals surface area contributed by atoms with Gasteiger partial charge < -0.3 is 14.4 Å². The lowest BCUT2D eigenvalue weighted by atomic mass is 10.0. The molecule has 2 heterocycles. The van der Waals surface area contributed by atoms with Crippen LogP contribution in [-0.4, -0.2) is 68.1 Å². The maximum atomic E-state index is 13.0. The minimum Gasteiger partial charge on any atom is -0.489 e. The molecule has 1 aliphatic rings. The van der Waals surface area contributed by atoms with Gasteiger partial charge in [0.15, 0.2) is 0 Å². The Morgan fingerprint density at radius 3 is 2.36 bits per heavy atom. The Balaban J connectivity index is 1.25. The summed E-state index contributed by atoms with van der Waals surface area (Å²) in [4.78, 5) is 17.1. The number of benzene rings is 3. The highest BCUT2D eigenvalue weighted by atomic mass is 32.2. The highest BCUT2D eigenvalue weighted by molar-refractivity contribution is 8.00. The molecule has 5 rings (SSSR count). The van der Waals surface area contributed by atoms with Gasteiger partial charge >= 0.3 is 6.03 Å². The second-order valence-electron chi connectivity index (χ2n) is 9.79. The molecule has 1 aromatic heterocycles. The molecule has 202 valence electrons. The Morgan fingerprint density at radius 1 is 0.974 bits per heavy atom. The molecule has 3 aromatic carbocycles. The van der Waals surface area contributed by atoms with Crippen molar-refractivity contribution in [1.29, 1.82) is 0 Å². The van der Waals surface area contributed by atoms with E-state index in [0.29, 0.717) is 25.4 Å². The number of carbonyl (C=O) groups is 1. The number of aromatic nitrogens is 2. The Kier molecular flexibility index (Phi) is 7.99. The van der Waals surface area contributed by atoms with Crippen LogP contribution in [0.5, 0.6) is 5.75 Å². The standard InChI is InChI=1S/C30H33N5O3S/c1-39(2,37)32-28-20-31-35(22-28)30(36)34-17-15-33(16-18-34)21-27-14-13-26(25-11-7-4-8-12-25)19-29(27)38-23-24-9-5-3-6-10-24/h3-14,19-20,22H,1,15-18,21,23H2,2H3,(H,32,37). The third-order valence-electron chi connectivity index (χ3n) is 6.56. The lowest BCUT2D eigenvalue weighted by Gasteiger charge is -2.34. The lowest BCUT2D eigenvalue weighted by Crippen LogP contribution is -2.49. The van der Waals surface area contributed by atoms with Gasteiger partial charge in [-0.2, -0.15) is 9.78 Å². The number of hydrogen-bond acceptors (Lipinski definition) is 5. The van der Waals surface area contributed by atoms with Crippen molar-refractivity contribution in [3.05, 3.63) is 102 Å². The summed E-state index contributed by atoms with van der Waals surface area (Å²) in [6, 6.07) is 26.7. The fourth-order valence-electron chi connectivity index (χ4n) is 4.58. The largest absolute Gasteiger partial charge is 0.489 e. The molecule has 1 fully saturated rings. The van der Waals surface area contributed by atoms with E-state index in [9.17, 15) is 9.00 Å². The minimum atomic E-state index is -2.44. The molecule has 0 saturated carbocycles. The highest BCUT2D eigenvalue weighted by Crippen LogP contribution is 2.29. The van der Waals surface area contributed by atoms with Crippen molar-refractivity contribution >= 4 is 27.3 Å². The van der Waals surface area contributed by atoms with Crippen LogP contribution in [0.15, 0.2) is 91.3 Å². The number of nitrogens with zero attached hydrogens (tertiary/aromatic N) is 4. The number of amides is 1. The van der Waals surface area contributed by atoms with Gasteiger partial charge in [0.25, 0.3) is 0 Å². The van der Waals surface area contributed by atoms with Gasteiger partial charge in [0.2, 0.25) is 0 Å². The zero-order chi connectivity index (χ0) is 27.2. The molecular formula is C30H33N5O3S. The third kappa shape index (κ3) is 7.07. The monoisotopic (exact) mass is 543 g/mol. The van der Waals surface area contributed by atoms with Gasteiger partial charge in [-0.15, -0.1) is 0 Å². The van der Waals surface area contributed by atoms with E-state index in [1.165, 1.54) is 17.1 Å². The smallest absolute Gasteiger partial charge is 0.344 e. The van der Waals surface area contributed by atoms with Crippen LogP contribution in [0.4, 0.5) is 10.5 Å². The van der Waals surface area contributed by atoms with Gasteiger partial charge in [-0.1, -0.05) is 72.8 Å². The first-order chi connectivity index (χ1) is 18.8. The van der Waals surface area contributed by atoms with Crippen molar-refractivity contribution in [2.75, 3.05) is 37.2 Å². The average Bonchev–Trinajstić information content (AvgIpc) is 3.40. The molecule has 8 nitrogen and oxygen atoms in total. The molecule has 1 saturated heterocycles. The third-order valence-corrected chi connectivity index (χ3v) is 7.23. The van der Waals surface area contributed by atoms with Gasteiger partial charge in [-0.05, 0) is 28.6 Å². The van der Waals surface area contributed by atoms with Crippen LogP contribution in [0.2, 0.25) is 0 Å². The van der Waals surface area contributed by atoms with Crippen LogP contribution in [0.1, 0.15) is 11.1 Å². The second kappa shape index (κ2) is 11.8. The molecule has 1 unspecified atom stereocenters. The zero-order valence-corrected chi connectivity index (χ0v) is 22.8. The van der Waals surface area contributed by atoms with E-state index < -0.39 is 9.71 Å². The first-order valence-electron chi connectivity index (χ1n) is 12.9. The highest BCUT2D eigenvalue weighted by Gasteiger charge is 2.24. The summed E-state index contributed by atoms with van der Waals surface area (Å²) < 4.78 is 22.3. The van der Waals surface area contributed by atoms with Crippen LogP contribution in [0.25, 0.3) is 11.1 Å². The van der Waals surface area contributed by atoms with Crippen molar-refractivity contribution in [3.63, 3.8) is 0 Å². The van der Waals surface area contributed by atoms with Crippen molar-refractivity contribution in [2.24, 2.45) is 0 Å². The lowest BCUT2D eigenvalue weighted by molar-refractivity contribution is 0.133. The quantitative estimate of drug-likeness (QED) is 0.329. The number of hydrogen-bond donors (Lipinski definition) is 1. The fraction of sp³-hybridized carbons (Fsp3) is 0.233. The van der Waals surface area contributed by atoms with E-state index in [1.54, 1.807) is 11.1 Å². The predicted octanol–water partition coefficient (Wildman–Crippen LogP) is 4.59. The maximum absolute atomic E-state index is 13.0. The molecule has 1 amide bonds. The number of ether oxygens (including phenoxy) is 1. The van der Waals surface area contributed by atoms with Gasteiger partial charge in [0.1, 0.15) is 12.4 Å². The van der Waals surface area contributed by atoms with Crippen LogP contribution in [0, 0.1) is 0 Å². The summed E-state index contributed by atoms with van der Waals surface area (Å²) in [7, 11) is -2.44. The van der Waals surface area contributed by atoms with E-state index in [4.69, 9.17) is 4.74 Å². The second-order valence-corrected chi connectivity index (χ2v) is 12.0. The maximum Gasteiger partial charge on any atom is 0.344 e. The van der Waals surface area contributed by atoms with Crippen molar-refractivity contribution in [3.8, 4) is 16.9 Å². The molecular weight excluding hydrogens is 510 g/mol. The molecule has 0 bridgehead atoms. The average molecular weight is 544 g/mol. The van der Waals surface area contributed by atoms with Crippen LogP contribution < -0.4 is 9.46 Å². The van der Waals surface area contributed by atoms with Gasteiger partial charge in [-0.3, -0.25) is 4.90 Å². The Morgan fingerprint density at radius 2 is 1.67 bits per heavy atom. The zero-order valence-electron chi connectivity index (χ0n) is 22.0. The Labute approximate surface area is 230 Å². The number of carbonyl (C=O) groups excluding carboxylic acids is 1. The van der Waals surface area contributed by atoms with Crippen LogP contribution >= 0.6 is 0 Å². The minimum absolute atomic E-state index is 0.200. The van der Waals surface area contributed by atoms with Crippen molar-refractivity contribution < 1.29 is 13.7 Å². The summed E-state index contributed by atoms with van der Waals surface area (Å²) in [5.74, 6) is 4.44. The fourth-order valence-corrected chi connectivity index (χ4v) is 5.18. The summed E-state index contributed by atoms with van der Waals surface area (Å²) in [5.41, 5.74) is 5.00. The summed E-state index contributed by atoms with van der Waals surface area (Å²) in [6.07, 6.45) is 4.53. The van der Waals surface area contributed by atoms with E-state index in [-0.39, 0.29) is 6.03 Å². The van der Waals surface area contributed by atoms with Gasteiger partial charge in [-0.25, -0.2) is 9.00 Å². The first kappa shape index (κ1) is 26.5. The topological polar surface area (TPSA) is 79.7 Å². The molecule has 1 N–H and O–H groups in total. The number of rotatable bonds is 8.